The highest BCUT2D eigenvalue weighted by molar-refractivity contribution is 5.38. The lowest BCUT2D eigenvalue weighted by atomic mass is 10.0. The van der Waals surface area contributed by atoms with Crippen LogP contribution in [0.5, 0.6) is 0 Å². The van der Waals surface area contributed by atoms with Gasteiger partial charge < -0.3 is 20.5 Å². The van der Waals surface area contributed by atoms with E-state index in [0.717, 1.165) is 0 Å². The normalized spacial score (nSPS) is 29.4. The molecule has 6 nitrogen and oxygen atoms in total. The van der Waals surface area contributed by atoms with Crippen LogP contribution in [0.3, 0.4) is 0 Å². The van der Waals surface area contributed by atoms with E-state index in [2.05, 4.69) is 9.97 Å². The Balaban J connectivity index is 2.17. The van der Waals surface area contributed by atoms with Gasteiger partial charge in [0.25, 0.3) is 0 Å². The third-order valence-electron chi connectivity index (χ3n) is 2.80. The van der Waals surface area contributed by atoms with Crippen LogP contribution in [0.1, 0.15) is 0 Å². The SMILES string of the molecule is COC1CN(c2nccc(N)n2)C[C@H](F)[C@@H]1O. The number of anilines is 2. The lowest BCUT2D eigenvalue weighted by Gasteiger charge is -2.37. The van der Waals surface area contributed by atoms with Crippen LogP contribution < -0.4 is 10.6 Å². The third kappa shape index (κ3) is 2.45. The second-order valence-electron chi connectivity index (χ2n) is 3.97. The highest BCUT2D eigenvalue weighted by atomic mass is 19.1. The average Bonchev–Trinajstić information content (AvgIpc) is 2.32. The van der Waals surface area contributed by atoms with Crippen LogP contribution in [-0.2, 0) is 4.74 Å². The molecule has 7 heteroatoms. The van der Waals surface area contributed by atoms with Gasteiger partial charge in [-0.3, -0.25) is 0 Å². The maximum atomic E-state index is 13.6. The summed E-state index contributed by atoms with van der Waals surface area (Å²) in [5.41, 5.74) is 5.54. The molecule has 0 bridgehead atoms. The molecule has 0 radical (unpaired) electrons. The Kier molecular flexibility index (Phi) is 3.39. The summed E-state index contributed by atoms with van der Waals surface area (Å²) in [7, 11) is 1.43. The number of aliphatic hydroxyl groups excluding tert-OH is 1. The molecule has 3 N–H and O–H groups in total. The van der Waals surface area contributed by atoms with E-state index < -0.39 is 18.4 Å². The molecular formula is C10H15FN4O2. The molecule has 1 fully saturated rings. The Morgan fingerprint density at radius 3 is 3.00 bits per heavy atom. The van der Waals surface area contributed by atoms with Crippen molar-refractivity contribution in [3.63, 3.8) is 0 Å². The Labute approximate surface area is 98.2 Å². The smallest absolute Gasteiger partial charge is 0.227 e. The zero-order chi connectivity index (χ0) is 12.4. The minimum Gasteiger partial charge on any atom is -0.387 e. The van der Waals surface area contributed by atoms with Gasteiger partial charge in [-0.15, -0.1) is 0 Å². The Hall–Kier alpha value is -1.47. The van der Waals surface area contributed by atoms with E-state index in [1.54, 1.807) is 11.0 Å². The second kappa shape index (κ2) is 4.80. The molecule has 2 heterocycles. The van der Waals surface area contributed by atoms with Gasteiger partial charge in [0.1, 0.15) is 24.2 Å². The summed E-state index contributed by atoms with van der Waals surface area (Å²) < 4.78 is 18.6. The first-order chi connectivity index (χ1) is 8.11. The number of rotatable bonds is 2. The van der Waals surface area contributed by atoms with Gasteiger partial charge in [0.05, 0.1) is 6.54 Å². The Bertz CT molecular complexity index is 392. The second-order valence-corrected chi connectivity index (χ2v) is 3.97. The number of hydrogen-bond acceptors (Lipinski definition) is 6. The number of hydrogen-bond donors (Lipinski definition) is 2. The zero-order valence-electron chi connectivity index (χ0n) is 9.45. The van der Waals surface area contributed by atoms with Gasteiger partial charge in [0.2, 0.25) is 5.95 Å². The molecule has 0 aliphatic carbocycles. The number of nitrogens with zero attached hydrogens (tertiary/aromatic N) is 3. The molecule has 1 aliphatic heterocycles. The van der Waals surface area contributed by atoms with Crippen LogP contribution in [0, 0.1) is 0 Å². The number of ether oxygens (including phenoxy) is 1. The molecule has 0 aromatic carbocycles. The van der Waals surface area contributed by atoms with Crippen molar-refractivity contribution in [3.05, 3.63) is 12.3 Å². The van der Waals surface area contributed by atoms with E-state index in [1.807, 2.05) is 0 Å². The minimum absolute atomic E-state index is 0.0322. The molecule has 1 saturated heterocycles. The van der Waals surface area contributed by atoms with Crippen molar-refractivity contribution >= 4 is 11.8 Å². The number of nitrogens with two attached hydrogens (primary N) is 1. The van der Waals surface area contributed by atoms with Gasteiger partial charge in [-0.05, 0) is 6.07 Å². The van der Waals surface area contributed by atoms with E-state index in [4.69, 9.17) is 10.5 Å². The fourth-order valence-electron chi connectivity index (χ4n) is 1.84. The first kappa shape index (κ1) is 12.0. The summed E-state index contributed by atoms with van der Waals surface area (Å²) in [5, 5.41) is 9.56. The molecule has 94 valence electrons. The van der Waals surface area contributed by atoms with Crippen molar-refractivity contribution in [1.82, 2.24) is 9.97 Å². The third-order valence-corrected chi connectivity index (χ3v) is 2.80. The number of halogens is 1. The minimum atomic E-state index is -1.39. The number of aliphatic hydroxyl groups is 1. The van der Waals surface area contributed by atoms with E-state index >= 15 is 0 Å². The first-order valence-electron chi connectivity index (χ1n) is 5.30. The van der Waals surface area contributed by atoms with Crippen molar-refractivity contribution in [2.75, 3.05) is 30.8 Å². The predicted octanol–water partition coefficient (Wildman–Crippen LogP) is -0.407. The van der Waals surface area contributed by atoms with Crippen molar-refractivity contribution in [2.45, 2.75) is 18.4 Å². The van der Waals surface area contributed by atoms with E-state index in [9.17, 15) is 9.50 Å². The van der Waals surface area contributed by atoms with E-state index in [-0.39, 0.29) is 6.54 Å². The summed E-state index contributed by atoms with van der Waals surface area (Å²) in [6, 6.07) is 1.56. The number of piperidine rings is 1. The quantitative estimate of drug-likeness (QED) is 0.733. The summed E-state index contributed by atoms with van der Waals surface area (Å²) in [6.45, 7) is 0.367. The summed E-state index contributed by atoms with van der Waals surface area (Å²) >= 11 is 0. The molecule has 1 aromatic rings. The molecule has 0 saturated carbocycles. The Morgan fingerprint density at radius 1 is 1.59 bits per heavy atom. The topological polar surface area (TPSA) is 84.5 Å². The van der Waals surface area contributed by atoms with E-state index in [0.29, 0.717) is 18.3 Å². The molecular weight excluding hydrogens is 227 g/mol. The van der Waals surface area contributed by atoms with Crippen LogP contribution >= 0.6 is 0 Å². The molecule has 0 amide bonds. The van der Waals surface area contributed by atoms with Crippen LogP contribution in [0.15, 0.2) is 12.3 Å². The standard InChI is InChI=1S/C10H15FN4O2/c1-17-7-5-15(4-6(11)9(7)16)10-13-3-2-8(12)14-10/h2-3,6-7,9,16H,4-5H2,1H3,(H2,12,13,14)/t6-,7?,9-/m0/s1. The number of methoxy groups -OCH3 is 1. The van der Waals surface area contributed by atoms with Crippen molar-refractivity contribution < 1.29 is 14.2 Å². The van der Waals surface area contributed by atoms with Gasteiger partial charge >= 0.3 is 0 Å². The Morgan fingerprint density at radius 2 is 2.35 bits per heavy atom. The van der Waals surface area contributed by atoms with Gasteiger partial charge in [-0.1, -0.05) is 0 Å². The first-order valence-corrected chi connectivity index (χ1v) is 5.30. The van der Waals surface area contributed by atoms with Crippen molar-refractivity contribution in [2.24, 2.45) is 0 Å². The summed E-state index contributed by atoms with van der Waals surface area (Å²) in [5.74, 6) is 0.673. The summed E-state index contributed by atoms with van der Waals surface area (Å²) in [4.78, 5) is 9.65. The maximum Gasteiger partial charge on any atom is 0.227 e. The van der Waals surface area contributed by atoms with Crippen LogP contribution in [-0.4, -0.2) is 53.7 Å². The zero-order valence-corrected chi connectivity index (χ0v) is 9.45. The molecule has 1 unspecified atom stereocenters. The number of nitrogen functional groups attached to an aromatic ring is 1. The van der Waals surface area contributed by atoms with Gasteiger partial charge in [-0.2, -0.15) is 4.98 Å². The largest absolute Gasteiger partial charge is 0.387 e. The van der Waals surface area contributed by atoms with Crippen molar-refractivity contribution in [3.8, 4) is 0 Å². The fraction of sp³-hybridized carbons (Fsp3) is 0.600. The number of alkyl halides is 1. The monoisotopic (exact) mass is 242 g/mol. The average molecular weight is 242 g/mol. The molecule has 17 heavy (non-hydrogen) atoms. The fourth-order valence-corrected chi connectivity index (χ4v) is 1.84. The highest BCUT2D eigenvalue weighted by Gasteiger charge is 2.37. The van der Waals surface area contributed by atoms with Gasteiger partial charge in [-0.25, -0.2) is 9.37 Å². The van der Waals surface area contributed by atoms with Gasteiger partial charge in [0.15, 0.2) is 0 Å². The predicted molar refractivity (Wildman–Crippen MR) is 60.4 cm³/mol. The van der Waals surface area contributed by atoms with E-state index in [1.165, 1.54) is 13.3 Å². The molecule has 1 aromatic heterocycles. The summed E-state index contributed by atoms with van der Waals surface area (Å²) in [6.07, 6.45) is -1.59. The lowest BCUT2D eigenvalue weighted by molar-refractivity contribution is -0.0582. The van der Waals surface area contributed by atoms with Crippen LogP contribution in [0.4, 0.5) is 16.2 Å². The van der Waals surface area contributed by atoms with Gasteiger partial charge in [0, 0.05) is 19.9 Å². The number of aromatic nitrogens is 2. The highest BCUT2D eigenvalue weighted by Crippen LogP contribution is 2.20. The van der Waals surface area contributed by atoms with Crippen LogP contribution in [0.2, 0.25) is 0 Å². The maximum absolute atomic E-state index is 13.6. The molecule has 2 rings (SSSR count). The van der Waals surface area contributed by atoms with Crippen LogP contribution in [0.25, 0.3) is 0 Å². The molecule has 3 atom stereocenters. The lowest BCUT2D eigenvalue weighted by Crippen LogP contribution is -2.55. The molecule has 0 spiro atoms. The molecule has 1 aliphatic rings. The van der Waals surface area contributed by atoms with Crippen molar-refractivity contribution in [1.29, 1.82) is 0 Å².